The molecule has 2 fully saturated rings. The minimum atomic E-state index is 0.150. The van der Waals surface area contributed by atoms with Crippen LogP contribution in [-0.2, 0) is 9.47 Å². The second-order valence-electron chi connectivity index (χ2n) is 5.89. The van der Waals surface area contributed by atoms with Crippen LogP contribution in [0.25, 0.3) is 0 Å². The van der Waals surface area contributed by atoms with Crippen LogP contribution >= 0.6 is 0 Å². The van der Waals surface area contributed by atoms with Crippen molar-refractivity contribution in [2.24, 2.45) is 0 Å². The van der Waals surface area contributed by atoms with Crippen molar-refractivity contribution in [2.75, 3.05) is 37.0 Å². The number of methoxy groups -OCH3 is 1. The Labute approximate surface area is 127 Å². The van der Waals surface area contributed by atoms with Crippen molar-refractivity contribution in [1.82, 2.24) is 0 Å². The zero-order valence-electron chi connectivity index (χ0n) is 13.0. The summed E-state index contributed by atoms with van der Waals surface area (Å²) in [6.45, 7) is 5.12. The molecule has 1 saturated heterocycles. The minimum Gasteiger partial charge on any atom is -0.378 e. The summed E-state index contributed by atoms with van der Waals surface area (Å²) in [4.78, 5) is 2.48. The van der Waals surface area contributed by atoms with Gasteiger partial charge in [-0.3, -0.25) is 0 Å². The van der Waals surface area contributed by atoms with E-state index in [1.165, 1.54) is 37.3 Å². The van der Waals surface area contributed by atoms with E-state index in [9.17, 15) is 0 Å². The number of ether oxygens (including phenoxy) is 2. The highest BCUT2D eigenvalue weighted by atomic mass is 16.5. The van der Waals surface area contributed by atoms with Crippen LogP contribution in [0.3, 0.4) is 0 Å². The monoisotopic (exact) mass is 290 g/mol. The first-order chi connectivity index (χ1) is 10.3. The number of para-hydroxylation sites is 2. The molecule has 1 saturated carbocycles. The smallest absolute Gasteiger partial charge is 0.103 e. The van der Waals surface area contributed by atoms with Gasteiger partial charge < -0.3 is 19.7 Å². The molecule has 0 bridgehead atoms. The van der Waals surface area contributed by atoms with Crippen molar-refractivity contribution in [3.05, 3.63) is 24.3 Å². The molecule has 1 heterocycles. The van der Waals surface area contributed by atoms with Crippen LogP contribution in [0.1, 0.15) is 26.2 Å². The van der Waals surface area contributed by atoms with Gasteiger partial charge in [-0.25, -0.2) is 0 Å². The van der Waals surface area contributed by atoms with Gasteiger partial charge in [0.05, 0.1) is 23.5 Å². The van der Waals surface area contributed by atoms with Crippen LogP contribution in [0.5, 0.6) is 0 Å². The van der Waals surface area contributed by atoms with Crippen molar-refractivity contribution in [2.45, 2.75) is 44.4 Å². The average Bonchev–Trinajstić information content (AvgIpc) is 3.01. The molecule has 0 radical (unpaired) electrons. The van der Waals surface area contributed by atoms with E-state index in [-0.39, 0.29) is 12.2 Å². The Hall–Kier alpha value is -1.26. The summed E-state index contributed by atoms with van der Waals surface area (Å²) in [5, 5.41) is 3.67. The van der Waals surface area contributed by atoms with Gasteiger partial charge in [0.1, 0.15) is 6.10 Å². The fraction of sp³-hybridized carbons (Fsp3) is 0.647. The zero-order chi connectivity index (χ0) is 14.7. The van der Waals surface area contributed by atoms with Gasteiger partial charge in [0.15, 0.2) is 0 Å². The zero-order valence-corrected chi connectivity index (χ0v) is 13.0. The topological polar surface area (TPSA) is 33.7 Å². The number of hydrogen-bond donors (Lipinski definition) is 1. The van der Waals surface area contributed by atoms with Crippen LogP contribution in [-0.4, -0.2) is 45.1 Å². The van der Waals surface area contributed by atoms with E-state index in [1.54, 1.807) is 7.11 Å². The predicted octanol–water partition coefficient (Wildman–Crippen LogP) is 2.89. The summed E-state index contributed by atoms with van der Waals surface area (Å²) in [5.74, 6) is 0. The first-order valence-electron chi connectivity index (χ1n) is 8.08. The third kappa shape index (κ3) is 3.01. The summed E-state index contributed by atoms with van der Waals surface area (Å²) in [7, 11) is 1.77. The molecule has 1 N–H and O–H groups in total. The highest BCUT2D eigenvalue weighted by Gasteiger charge is 2.42. The number of nitrogens with one attached hydrogen (secondary N) is 1. The van der Waals surface area contributed by atoms with Crippen molar-refractivity contribution in [1.29, 1.82) is 0 Å². The molecule has 21 heavy (non-hydrogen) atoms. The molecule has 0 amide bonds. The summed E-state index contributed by atoms with van der Waals surface area (Å²) >= 11 is 0. The van der Waals surface area contributed by atoms with Crippen LogP contribution in [0.15, 0.2) is 24.3 Å². The molecule has 1 aliphatic carbocycles. The number of nitrogens with zero attached hydrogens (tertiary/aromatic N) is 1. The molecule has 0 spiro atoms. The fourth-order valence-electron chi connectivity index (χ4n) is 3.45. The summed E-state index contributed by atoms with van der Waals surface area (Å²) in [5.41, 5.74) is 2.55. The molecule has 4 nitrogen and oxygen atoms in total. The van der Waals surface area contributed by atoms with Crippen LogP contribution in [0, 0.1) is 0 Å². The first-order valence-corrected chi connectivity index (χ1v) is 8.08. The predicted molar refractivity (Wildman–Crippen MR) is 86.1 cm³/mol. The summed E-state index contributed by atoms with van der Waals surface area (Å²) in [6, 6.07) is 8.96. The second kappa shape index (κ2) is 6.67. The van der Waals surface area contributed by atoms with Gasteiger partial charge in [-0.1, -0.05) is 12.1 Å². The highest BCUT2D eigenvalue weighted by Crippen LogP contribution is 2.34. The molecule has 116 valence electrons. The van der Waals surface area contributed by atoms with Gasteiger partial charge in [-0.2, -0.15) is 0 Å². The molecule has 4 heteroatoms. The molecule has 3 rings (SSSR count). The van der Waals surface area contributed by atoms with E-state index < -0.39 is 0 Å². The Kier molecular flexibility index (Phi) is 4.66. The molecule has 3 unspecified atom stereocenters. The highest BCUT2D eigenvalue weighted by molar-refractivity contribution is 5.70. The Bertz CT molecular complexity index is 460. The van der Waals surface area contributed by atoms with Crippen LogP contribution < -0.4 is 10.2 Å². The normalized spacial score (nSPS) is 28.5. The maximum Gasteiger partial charge on any atom is 0.103 e. The van der Waals surface area contributed by atoms with E-state index in [0.717, 1.165) is 13.0 Å². The largest absolute Gasteiger partial charge is 0.378 e. The van der Waals surface area contributed by atoms with Crippen molar-refractivity contribution >= 4 is 11.4 Å². The van der Waals surface area contributed by atoms with E-state index >= 15 is 0 Å². The Morgan fingerprint density at radius 2 is 2.00 bits per heavy atom. The Morgan fingerprint density at radius 1 is 1.24 bits per heavy atom. The van der Waals surface area contributed by atoms with E-state index in [1.807, 2.05) is 6.92 Å². The molecule has 0 aromatic heterocycles. The van der Waals surface area contributed by atoms with E-state index in [4.69, 9.17) is 9.47 Å². The number of hydrogen-bond acceptors (Lipinski definition) is 4. The lowest BCUT2D eigenvalue weighted by molar-refractivity contribution is -0.118. The third-order valence-electron chi connectivity index (χ3n) is 4.59. The molecule has 1 aromatic carbocycles. The summed E-state index contributed by atoms with van der Waals surface area (Å²) in [6.07, 6.45) is 3.99. The van der Waals surface area contributed by atoms with Crippen LogP contribution in [0.4, 0.5) is 11.4 Å². The van der Waals surface area contributed by atoms with Crippen molar-refractivity contribution in [3.8, 4) is 0 Å². The fourth-order valence-corrected chi connectivity index (χ4v) is 3.45. The molecule has 2 aliphatic rings. The first kappa shape index (κ1) is 14.7. The van der Waals surface area contributed by atoms with Gasteiger partial charge in [0.2, 0.25) is 0 Å². The quantitative estimate of drug-likeness (QED) is 0.873. The van der Waals surface area contributed by atoms with Gasteiger partial charge in [-0.15, -0.1) is 0 Å². The van der Waals surface area contributed by atoms with Gasteiger partial charge in [0.25, 0.3) is 0 Å². The van der Waals surface area contributed by atoms with Gasteiger partial charge in [-0.05, 0) is 38.3 Å². The Morgan fingerprint density at radius 3 is 2.71 bits per heavy atom. The SMILES string of the molecule is CCOC1CC(Nc2ccccc2N2CCCC2)C1OC. The average molecular weight is 290 g/mol. The molecule has 3 atom stereocenters. The lowest BCUT2D eigenvalue weighted by atomic mass is 9.85. The molecule has 1 aromatic rings. The summed E-state index contributed by atoms with van der Waals surface area (Å²) < 4.78 is 11.3. The maximum absolute atomic E-state index is 5.70. The van der Waals surface area contributed by atoms with Gasteiger partial charge >= 0.3 is 0 Å². The van der Waals surface area contributed by atoms with Gasteiger partial charge in [0, 0.05) is 26.8 Å². The van der Waals surface area contributed by atoms with E-state index in [0.29, 0.717) is 6.04 Å². The number of rotatable bonds is 6. The number of anilines is 2. The lowest BCUT2D eigenvalue weighted by Crippen LogP contribution is -2.56. The molecular weight excluding hydrogens is 264 g/mol. The third-order valence-corrected chi connectivity index (χ3v) is 4.59. The Balaban J connectivity index is 1.68. The van der Waals surface area contributed by atoms with Crippen molar-refractivity contribution < 1.29 is 9.47 Å². The van der Waals surface area contributed by atoms with Crippen LogP contribution in [0.2, 0.25) is 0 Å². The van der Waals surface area contributed by atoms with E-state index in [2.05, 4.69) is 34.5 Å². The standard InChI is InChI=1S/C17H26N2O2/c1-3-21-16-12-14(17(16)20-2)18-13-8-4-5-9-15(13)19-10-6-7-11-19/h4-5,8-9,14,16-18H,3,6-7,10-12H2,1-2H3. The molecular formula is C17H26N2O2. The molecule has 1 aliphatic heterocycles. The lowest BCUT2D eigenvalue weighted by Gasteiger charge is -2.44. The number of benzene rings is 1. The van der Waals surface area contributed by atoms with Crippen molar-refractivity contribution in [3.63, 3.8) is 0 Å². The maximum atomic E-state index is 5.70. The second-order valence-corrected chi connectivity index (χ2v) is 5.89. The minimum absolute atomic E-state index is 0.150.